The van der Waals surface area contributed by atoms with E-state index in [2.05, 4.69) is 35.1 Å². The minimum Gasteiger partial charge on any atom is -0.496 e. The first kappa shape index (κ1) is 16.3. The summed E-state index contributed by atoms with van der Waals surface area (Å²) in [5, 5.41) is 4.30. The number of hydrogen-bond acceptors (Lipinski definition) is 2. The van der Waals surface area contributed by atoms with Crippen LogP contribution in [0.5, 0.6) is 5.75 Å². The van der Waals surface area contributed by atoms with Gasteiger partial charge < -0.3 is 10.1 Å². The van der Waals surface area contributed by atoms with Crippen molar-refractivity contribution in [1.82, 2.24) is 5.32 Å². The smallest absolute Gasteiger partial charge is 0.255 e. The zero-order valence-corrected chi connectivity index (χ0v) is 13.8. The fraction of sp³-hybridized carbons (Fsp3) is 0.500. The Morgan fingerprint density at radius 3 is 2.53 bits per heavy atom. The lowest BCUT2D eigenvalue weighted by molar-refractivity contribution is 0.0900. The van der Waals surface area contributed by atoms with Crippen LogP contribution >= 0.6 is 27.5 Å². The molecule has 0 radical (unpaired) electrons. The van der Waals surface area contributed by atoms with Crippen LogP contribution in [0.1, 0.15) is 37.0 Å². The average Bonchev–Trinajstić information content (AvgIpc) is 2.44. The van der Waals surface area contributed by atoms with Crippen LogP contribution in [0.25, 0.3) is 0 Å². The molecule has 0 bridgehead atoms. The van der Waals surface area contributed by atoms with Gasteiger partial charge in [-0.05, 0) is 31.0 Å². The Morgan fingerprint density at radius 2 is 2.05 bits per heavy atom. The molecule has 0 atom stereocenters. The summed E-state index contributed by atoms with van der Waals surface area (Å²) in [6.45, 7) is 4.11. The first-order valence-corrected chi connectivity index (χ1v) is 7.74. The molecule has 1 rings (SSSR count). The van der Waals surface area contributed by atoms with Gasteiger partial charge in [0, 0.05) is 15.9 Å². The lowest BCUT2D eigenvalue weighted by Crippen LogP contribution is -2.49. The van der Waals surface area contributed by atoms with Crippen LogP contribution in [-0.2, 0) is 0 Å². The van der Waals surface area contributed by atoms with Gasteiger partial charge in [-0.15, -0.1) is 0 Å². The predicted octanol–water partition coefficient (Wildman–Crippen LogP) is 4.03. The third-order valence-corrected chi connectivity index (χ3v) is 4.70. The quantitative estimate of drug-likeness (QED) is 0.788. The van der Waals surface area contributed by atoms with Crippen molar-refractivity contribution in [2.24, 2.45) is 0 Å². The topological polar surface area (TPSA) is 38.3 Å². The fourth-order valence-corrected chi connectivity index (χ4v) is 2.92. The first-order valence-electron chi connectivity index (χ1n) is 6.24. The Kier molecular flexibility index (Phi) is 6.14. The molecule has 3 nitrogen and oxygen atoms in total. The van der Waals surface area contributed by atoms with Gasteiger partial charge in [0.2, 0.25) is 0 Å². The lowest BCUT2D eigenvalue weighted by atomic mass is 9.95. The van der Waals surface area contributed by atoms with Gasteiger partial charge in [0.25, 0.3) is 5.91 Å². The van der Waals surface area contributed by atoms with Gasteiger partial charge in [-0.3, -0.25) is 4.79 Å². The van der Waals surface area contributed by atoms with E-state index in [0.717, 1.165) is 12.8 Å². The summed E-state index contributed by atoms with van der Waals surface area (Å²) in [4.78, 5) is 12.4. The Bertz CT molecular complexity index is 439. The van der Waals surface area contributed by atoms with Gasteiger partial charge in [-0.2, -0.15) is 0 Å². The van der Waals surface area contributed by atoms with Gasteiger partial charge in [0.15, 0.2) is 0 Å². The van der Waals surface area contributed by atoms with Crippen molar-refractivity contribution in [2.75, 3.05) is 12.4 Å². The number of methoxy groups -OCH3 is 1. The second-order valence-electron chi connectivity index (χ2n) is 4.42. The Morgan fingerprint density at radius 1 is 1.42 bits per heavy atom. The molecule has 0 fully saturated rings. The lowest BCUT2D eigenvalue weighted by Gasteiger charge is -2.31. The van der Waals surface area contributed by atoms with Crippen molar-refractivity contribution in [2.45, 2.75) is 32.2 Å². The van der Waals surface area contributed by atoms with Crippen molar-refractivity contribution < 1.29 is 9.53 Å². The number of carbonyl (C=O) groups excluding carboxylic acids is 1. The largest absolute Gasteiger partial charge is 0.496 e. The zero-order valence-electron chi connectivity index (χ0n) is 11.4. The minimum absolute atomic E-state index is 0.164. The van der Waals surface area contributed by atoms with Crippen molar-refractivity contribution in [3.63, 3.8) is 0 Å². The Balaban J connectivity index is 3.03. The summed E-state index contributed by atoms with van der Waals surface area (Å²) in [6.07, 6.45) is 1.70. The Hall–Kier alpha value is -0.740. The highest BCUT2D eigenvalue weighted by Crippen LogP contribution is 2.25. The molecule has 0 aliphatic rings. The number of carbonyl (C=O) groups is 1. The van der Waals surface area contributed by atoms with Crippen LogP contribution in [0, 0.1) is 0 Å². The molecule has 106 valence electrons. The fourth-order valence-electron chi connectivity index (χ4n) is 1.81. The van der Waals surface area contributed by atoms with Crippen LogP contribution in [0.3, 0.4) is 0 Å². The number of rotatable bonds is 6. The molecule has 0 saturated carbocycles. The van der Waals surface area contributed by atoms with Crippen molar-refractivity contribution >= 4 is 33.4 Å². The predicted molar refractivity (Wildman–Crippen MR) is 82.6 cm³/mol. The Labute approximate surface area is 127 Å². The van der Waals surface area contributed by atoms with E-state index in [1.807, 2.05) is 0 Å². The first-order chi connectivity index (χ1) is 9.01. The van der Waals surface area contributed by atoms with Gasteiger partial charge in [-0.25, -0.2) is 0 Å². The van der Waals surface area contributed by atoms with E-state index in [0.29, 0.717) is 21.7 Å². The number of ether oxygens (including phenoxy) is 1. The maximum Gasteiger partial charge on any atom is 0.255 e. The number of halogens is 2. The van der Waals surface area contributed by atoms with E-state index in [1.165, 1.54) is 7.11 Å². The standard InChI is InChI=1S/C14H19BrClNO2/c1-4-14(5-2,9-15)17-13(18)11-8-10(16)6-7-12(11)19-3/h6-8H,4-5,9H2,1-3H3,(H,17,18). The molecule has 0 aliphatic carbocycles. The van der Waals surface area contributed by atoms with Gasteiger partial charge in [0.05, 0.1) is 12.7 Å². The SMILES string of the molecule is CCC(CC)(CBr)NC(=O)c1cc(Cl)ccc1OC. The molecule has 5 heteroatoms. The molecule has 0 unspecified atom stereocenters. The molecule has 0 spiro atoms. The van der Waals surface area contributed by atoms with Crippen LogP contribution in [0.2, 0.25) is 5.02 Å². The highest BCUT2D eigenvalue weighted by atomic mass is 79.9. The highest BCUT2D eigenvalue weighted by molar-refractivity contribution is 9.09. The molecule has 1 amide bonds. The van der Waals surface area contributed by atoms with E-state index in [9.17, 15) is 4.79 Å². The van der Waals surface area contributed by atoms with Gasteiger partial charge in [-0.1, -0.05) is 41.4 Å². The number of amides is 1. The van der Waals surface area contributed by atoms with E-state index < -0.39 is 0 Å². The monoisotopic (exact) mass is 347 g/mol. The zero-order chi connectivity index (χ0) is 14.5. The number of alkyl halides is 1. The maximum absolute atomic E-state index is 12.4. The molecule has 0 saturated heterocycles. The number of benzene rings is 1. The molecule has 1 aromatic carbocycles. The number of nitrogens with one attached hydrogen (secondary N) is 1. The molecule has 0 heterocycles. The van der Waals surface area contributed by atoms with Crippen LogP contribution < -0.4 is 10.1 Å². The molecule has 1 aromatic rings. The van der Waals surface area contributed by atoms with E-state index >= 15 is 0 Å². The summed E-state index contributed by atoms with van der Waals surface area (Å²) in [5.41, 5.74) is 0.215. The average molecular weight is 349 g/mol. The molecule has 19 heavy (non-hydrogen) atoms. The van der Waals surface area contributed by atoms with E-state index in [4.69, 9.17) is 16.3 Å². The van der Waals surface area contributed by atoms with Crippen molar-refractivity contribution in [3.05, 3.63) is 28.8 Å². The summed E-state index contributed by atoms with van der Waals surface area (Å²) < 4.78 is 5.21. The summed E-state index contributed by atoms with van der Waals surface area (Å²) >= 11 is 9.42. The molecular weight excluding hydrogens is 330 g/mol. The van der Waals surface area contributed by atoms with Crippen LogP contribution in [0.4, 0.5) is 0 Å². The van der Waals surface area contributed by atoms with Crippen LogP contribution in [-0.4, -0.2) is 23.9 Å². The van der Waals surface area contributed by atoms with E-state index in [-0.39, 0.29) is 11.4 Å². The number of hydrogen-bond donors (Lipinski definition) is 1. The van der Waals surface area contributed by atoms with Gasteiger partial charge >= 0.3 is 0 Å². The van der Waals surface area contributed by atoms with Gasteiger partial charge in [0.1, 0.15) is 5.75 Å². The van der Waals surface area contributed by atoms with Crippen molar-refractivity contribution in [3.8, 4) is 5.75 Å². The molecular formula is C14H19BrClNO2. The summed E-state index contributed by atoms with van der Waals surface area (Å²) in [6, 6.07) is 5.03. The van der Waals surface area contributed by atoms with Crippen LogP contribution in [0.15, 0.2) is 18.2 Å². The minimum atomic E-state index is -0.246. The molecule has 0 aliphatic heterocycles. The third kappa shape index (κ3) is 3.86. The summed E-state index contributed by atoms with van der Waals surface area (Å²) in [5.74, 6) is 0.361. The maximum atomic E-state index is 12.4. The highest BCUT2D eigenvalue weighted by Gasteiger charge is 2.28. The second-order valence-corrected chi connectivity index (χ2v) is 5.42. The second kappa shape index (κ2) is 7.15. The normalized spacial score (nSPS) is 11.2. The third-order valence-electron chi connectivity index (χ3n) is 3.39. The summed E-state index contributed by atoms with van der Waals surface area (Å²) in [7, 11) is 1.54. The molecule has 1 N–H and O–H groups in total. The molecule has 0 aromatic heterocycles. The van der Waals surface area contributed by atoms with E-state index in [1.54, 1.807) is 18.2 Å². The van der Waals surface area contributed by atoms with Crippen molar-refractivity contribution in [1.29, 1.82) is 0 Å².